The van der Waals surface area contributed by atoms with Crippen LogP contribution in [-0.2, 0) is 17.9 Å². The fraction of sp³-hybridized carbons (Fsp3) is 0.0833. The maximum Gasteiger partial charge on any atom is 0.293 e. The molecule has 1 aliphatic heterocycles. The Morgan fingerprint density at radius 2 is 1.61 bits per heavy atom. The largest absolute Gasteiger partial charge is 0.489 e. The van der Waals surface area contributed by atoms with Crippen LogP contribution in [0.5, 0.6) is 5.75 Å². The summed E-state index contributed by atoms with van der Waals surface area (Å²) in [5.41, 5.74) is 2.63. The maximum atomic E-state index is 12.7. The summed E-state index contributed by atoms with van der Waals surface area (Å²) in [5, 5.41) is 0.497. The van der Waals surface area contributed by atoms with Crippen LogP contribution in [0.3, 0.4) is 0 Å². The summed E-state index contributed by atoms with van der Waals surface area (Å²) in [7, 11) is 0. The van der Waals surface area contributed by atoms with Gasteiger partial charge in [0.1, 0.15) is 12.4 Å². The Hall–Kier alpha value is -2.73. The first-order chi connectivity index (χ1) is 15.0. The molecule has 31 heavy (non-hydrogen) atoms. The van der Waals surface area contributed by atoms with Gasteiger partial charge in [-0.2, -0.15) is 0 Å². The van der Waals surface area contributed by atoms with Crippen molar-refractivity contribution in [2.45, 2.75) is 13.2 Å². The molecule has 0 atom stereocenters. The topological polar surface area (TPSA) is 46.6 Å². The predicted octanol–water partition coefficient (Wildman–Crippen LogP) is 6.81. The van der Waals surface area contributed by atoms with Gasteiger partial charge in [-0.15, -0.1) is 0 Å². The molecular formula is C24H17Cl2NO3S. The molecule has 1 fully saturated rings. The number of halogens is 2. The van der Waals surface area contributed by atoms with Gasteiger partial charge in [0, 0.05) is 0 Å². The first kappa shape index (κ1) is 21.5. The number of hydrogen-bond donors (Lipinski definition) is 0. The van der Waals surface area contributed by atoms with Gasteiger partial charge in [-0.05, 0) is 58.8 Å². The lowest BCUT2D eigenvalue weighted by Crippen LogP contribution is -2.27. The third-order valence-electron chi connectivity index (χ3n) is 4.62. The van der Waals surface area contributed by atoms with Gasteiger partial charge in [-0.3, -0.25) is 14.5 Å². The third-order valence-corrected chi connectivity index (χ3v) is 6.27. The molecule has 0 radical (unpaired) electrons. The second-order valence-corrected chi connectivity index (χ2v) is 8.67. The summed E-state index contributed by atoms with van der Waals surface area (Å²) in [6.07, 6.45) is 1.71. The quantitative estimate of drug-likeness (QED) is 0.372. The fourth-order valence-corrected chi connectivity index (χ4v) is 4.17. The zero-order valence-corrected chi connectivity index (χ0v) is 18.6. The van der Waals surface area contributed by atoms with Crippen molar-refractivity contribution in [2.24, 2.45) is 0 Å². The van der Waals surface area contributed by atoms with E-state index in [1.807, 2.05) is 54.6 Å². The summed E-state index contributed by atoms with van der Waals surface area (Å²) >= 11 is 12.9. The lowest BCUT2D eigenvalue weighted by atomic mass is 10.2. The molecule has 0 spiro atoms. The Kier molecular flexibility index (Phi) is 6.66. The average Bonchev–Trinajstić information content (AvgIpc) is 3.04. The lowest BCUT2D eigenvalue weighted by Gasteiger charge is -2.12. The monoisotopic (exact) mass is 469 g/mol. The minimum absolute atomic E-state index is 0.144. The zero-order chi connectivity index (χ0) is 21.8. The number of carbonyl (C=O) groups is 2. The molecule has 1 saturated heterocycles. The number of carbonyl (C=O) groups excluding carboxylic acids is 2. The van der Waals surface area contributed by atoms with Gasteiger partial charge in [0.15, 0.2) is 0 Å². The molecule has 1 heterocycles. The van der Waals surface area contributed by atoms with Crippen molar-refractivity contribution < 1.29 is 14.3 Å². The van der Waals surface area contributed by atoms with Gasteiger partial charge in [-0.1, -0.05) is 71.7 Å². The van der Waals surface area contributed by atoms with E-state index in [-0.39, 0.29) is 17.7 Å². The number of amides is 2. The molecule has 0 aromatic heterocycles. The molecule has 156 valence electrons. The molecule has 1 aliphatic rings. The minimum atomic E-state index is -0.328. The van der Waals surface area contributed by atoms with E-state index in [1.54, 1.807) is 24.3 Å². The molecule has 2 amide bonds. The van der Waals surface area contributed by atoms with Crippen LogP contribution in [0, 0.1) is 0 Å². The Balaban J connectivity index is 1.42. The van der Waals surface area contributed by atoms with Gasteiger partial charge in [-0.25, -0.2) is 0 Å². The van der Waals surface area contributed by atoms with E-state index in [9.17, 15) is 9.59 Å². The van der Waals surface area contributed by atoms with E-state index in [1.165, 1.54) is 4.90 Å². The van der Waals surface area contributed by atoms with Crippen molar-refractivity contribution >= 4 is 52.2 Å². The van der Waals surface area contributed by atoms with E-state index in [0.717, 1.165) is 34.2 Å². The predicted molar refractivity (Wildman–Crippen MR) is 125 cm³/mol. The SMILES string of the molecule is O=C1S/C(=C\c2ccc(OCc3ccccc3)cc2)C(=O)N1Cc1ccc(Cl)c(Cl)c1. The van der Waals surface area contributed by atoms with E-state index in [2.05, 4.69) is 0 Å². The van der Waals surface area contributed by atoms with Crippen molar-refractivity contribution in [1.82, 2.24) is 4.90 Å². The highest BCUT2D eigenvalue weighted by Gasteiger charge is 2.35. The van der Waals surface area contributed by atoms with Crippen LogP contribution >= 0.6 is 35.0 Å². The number of benzene rings is 3. The van der Waals surface area contributed by atoms with E-state index in [0.29, 0.717) is 21.6 Å². The summed E-state index contributed by atoms with van der Waals surface area (Å²) in [6.45, 7) is 0.624. The summed E-state index contributed by atoms with van der Waals surface area (Å²) < 4.78 is 5.78. The Bertz CT molecular complexity index is 1150. The van der Waals surface area contributed by atoms with Gasteiger partial charge < -0.3 is 4.74 Å². The Labute approximate surface area is 194 Å². The number of ether oxygens (including phenoxy) is 1. The first-order valence-corrected chi connectivity index (χ1v) is 11.0. The number of imide groups is 1. The Morgan fingerprint density at radius 3 is 2.32 bits per heavy atom. The number of nitrogens with zero attached hydrogens (tertiary/aromatic N) is 1. The molecule has 0 N–H and O–H groups in total. The van der Waals surface area contributed by atoms with Gasteiger partial charge in [0.05, 0.1) is 21.5 Å². The highest BCUT2D eigenvalue weighted by atomic mass is 35.5. The van der Waals surface area contributed by atoms with E-state index < -0.39 is 0 Å². The van der Waals surface area contributed by atoms with E-state index >= 15 is 0 Å². The second kappa shape index (κ2) is 9.60. The van der Waals surface area contributed by atoms with Crippen LogP contribution in [0.1, 0.15) is 16.7 Å². The van der Waals surface area contributed by atoms with Crippen LogP contribution < -0.4 is 4.74 Å². The molecule has 0 bridgehead atoms. The molecular weight excluding hydrogens is 453 g/mol. The van der Waals surface area contributed by atoms with Crippen molar-refractivity contribution in [2.75, 3.05) is 0 Å². The summed E-state index contributed by atoms with van der Waals surface area (Å²) in [5.74, 6) is 0.402. The third kappa shape index (κ3) is 5.31. The second-order valence-electron chi connectivity index (χ2n) is 6.86. The zero-order valence-electron chi connectivity index (χ0n) is 16.3. The van der Waals surface area contributed by atoms with Crippen LogP contribution in [0.25, 0.3) is 6.08 Å². The van der Waals surface area contributed by atoms with Crippen molar-refractivity contribution in [3.05, 3.63) is 104 Å². The fourth-order valence-electron chi connectivity index (χ4n) is 3.01. The highest BCUT2D eigenvalue weighted by Crippen LogP contribution is 2.34. The van der Waals surface area contributed by atoms with Crippen LogP contribution in [-0.4, -0.2) is 16.0 Å². The van der Waals surface area contributed by atoms with E-state index in [4.69, 9.17) is 27.9 Å². The van der Waals surface area contributed by atoms with Crippen molar-refractivity contribution in [3.63, 3.8) is 0 Å². The molecule has 3 aromatic carbocycles. The van der Waals surface area contributed by atoms with Crippen molar-refractivity contribution in [3.8, 4) is 5.75 Å². The molecule has 3 aromatic rings. The standard InChI is InChI=1S/C24H17Cl2NO3S/c25-20-11-8-18(12-21(20)26)14-27-23(28)22(31-24(27)29)13-16-6-9-19(10-7-16)30-15-17-4-2-1-3-5-17/h1-13H,14-15H2/b22-13-. The smallest absolute Gasteiger partial charge is 0.293 e. The first-order valence-electron chi connectivity index (χ1n) is 9.46. The number of thioether (sulfide) groups is 1. The van der Waals surface area contributed by atoms with Crippen LogP contribution in [0.4, 0.5) is 4.79 Å². The van der Waals surface area contributed by atoms with Gasteiger partial charge in [0.2, 0.25) is 0 Å². The summed E-state index contributed by atoms with van der Waals surface area (Å²) in [4.78, 5) is 26.7. The molecule has 4 rings (SSSR count). The highest BCUT2D eigenvalue weighted by molar-refractivity contribution is 8.18. The number of rotatable bonds is 6. The lowest BCUT2D eigenvalue weighted by molar-refractivity contribution is -0.123. The Morgan fingerprint density at radius 1 is 0.871 bits per heavy atom. The van der Waals surface area contributed by atoms with Crippen molar-refractivity contribution in [1.29, 1.82) is 0 Å². The molecule has 0 saturated carbocycles. The van der Waals surface area contributed by atoms with Crippen LogP contribution in [0.2, 0.25) is 10.0 Å². The summed E-state index contributed by atoms with van der Waals surface area (Å²) in [6, 6.07) is 22.3. The molecule has 4 nitrogen and oxygen atoms in total. The minimum Gasteiger partial charge on any atom is -0.489 e. The van der Waals surface area contributed by atoms with Crippen LogP contribution in [0.15, 0.2) is 77.7 Å². The average molecular weight is 470 g/mol. The molecule has 0 unspecified atom stereocenters. The molecule has 7 heteroatoms. The molecule has 0 aliphatic carbocycles. The number of hydrogen-bond acceptors (Lipinski definition) is 4. The van der Waals surface area contributed by atoms with Gasteiger partial charge >= 0.3 is 0 Å². The maximum absolute atomic E-state index is 12.7. The van der Waals surface area contributed by atoms with Gasteiger partial charge in [0.25, 0.3) is 11.1 Å². The normalized spacial score (nSPS) is 15.0.